The van der Waals surface area contributed by atoms with Crippen LogP contribution >= 0.6 is 15.9 Å². The van der Waals surface area contributed by atoms with Gasteiger partial charge in [0, 0.05) is 12.1 Å². The fourth-order valence-corrected chi connectivity index (χ4v) is 2.66. The minimum Gasteiger partial charge on any atom is -0.493 e. The molecule has 3 N–H and O–H groups in total. The number of hydrogen-bond donors (Lipinski definition) is 2. The van der Waals surface area contributed by atoms with Crippen LogP contribution in [0.3, 0.4) is 0 Å². The molecule has 0 saturated heterocycles. The smallest absolute Gasteiger partial charge is 0.161 e. The number of benzene rings is 1. The summed E-state index contributed by atoms with van der Waals surface area (Å²) in [5.74, 6) is 5.89. The van der Waals surface area contributed by atoms with Gasteiger partial charge in [-0.2, -0.15) is 5.10 Å². The van der Waals surface area contributed by atoms with Gasteiger partial charge < -0.3 is 4.74 Å². The van der Waals surface area contributed by atoms with Crippen molar-refractivity contribution in [3.8, 4) is 5.75 Å². The van der Waals surface area contributed by atoms with Crippen molar-refractivity contribution in [3.05, 3.63) is 45.9 Å². The third-order valence-electron chi connectivity index (χ3n) is 3.23. The normalized spacial score (nSPS) is 12.4. The number of nitrogens with zero attached hydrogens (tertiary/aromatic N) is 2. The van der Waals surface area contributed by atoms with Crippen molar-refractivity contribution in [3.63, 3.8) is 0 Å². The number of nitrogens with one attached hydrogen (secondary N) is 1. The lowest BCUT2D eigenvalue weighted by Crippen LogP contribution is -2.31. The molecule has 5 nitrogen and oxygen atoms in total. The van der Waals surface area contributed by atoms with Gasteiger partial charge in [0.15, 0.2) is 5.75 Å². The molecule has 0 fully saturated rings. The summed E-state index contributed by atoms with van der Waals surface area (Å²) < 4.78 is 21.9. The molecule has 1 aromatic carbocycles. The third-order valence-corrected chi connectivity index (χ3v) is 3.85. The quantitative estimate of drug-likeness (QED) is 0.616. The van der Waals surface area contributed by atoms with E-state index in [2.05, 4.69) is 26.5 Å². The van der Waals surface area contributed by atoms with E-state index in [1.807, 2.05) is 6.92 Å². The average molecular weight is 357 g/mol. The Hall–Kier alpha value is -1.44. The highest BCUT2D eigenvalue weighted by Crippen LogP contribution is 2.32. The summed E-state index contributed by atoms with van der Waals surface area (Å²) >= 11 is 3.19. The molecule has 0 aliphatic rings. The molecule has 2 aromatic rings. The number of nitrogens with two attached hydrogens (primary N) is 1. The maximum atomic E-state index is 14.4. The largest absolute Gasteiger partial charge is 0.493 e. The monoisotopic (exact) mass is 356 g/mol. The summed E-state index contributed by atoms with van der Waals surface area (Å²) in [6.07, 6.45) is 2.52. The molecule has 1 unspecified atom stereocenters. The average Bonchev–Trinajstić information content (AvgIpc) is 2.88. The Morgan fingerprint density at radius 2 is 2.29 bits per heavy atom. The lowest BCUT2D eigenvalue weighted by Gasteiger charge is -2.20. The molecule has 1 heterocycles. The molecular formula is C14H18BrFN4O. The van der Waals surface area contributed by atoms with E-state index in [0.717, 1.165) is 6.42 Å². The van der Waals surface area contributed by atoms with E-state index in [-0.39, 0.29) is 5.82 Å². The topological polar surface area (TPSA) is 65.1 Å². The number of hydrogen-bond acceptors (Lipinski definition) is 4. The predicted octanol–water partition coefficient (Wildman–Crippen LogP) is 2.76. The van der Waals surface area contributed by atoms with Crippen LogP contribution in [0.4, 0.5) is 4.39 Å². The van der Waals surface area contributed by atoms with Crippen molar-refractivity contribution in [1.82, 2.24) is 15.2 Å². The predicted molar refractivity (Wildman–Crippen MR) is 82.3 cm³/mol. The fourth-order valence-electron chi connectivity index (χ4n) is 2.28. The molecule has 0 radical (unpaired) electrons. The highest BCUT2D eigenvalue weighted by Gasteiger charge is 2.25. The molecule has 21 heavy (non-hydrogen) atoms. The molecular weight excluding hydrogens is 339 g/mol. The molecule has 1 aromatic heterocycles. The van der Waals surface area contributed by atoms with Crippen LogP contribution in [0.2, 0.25) is 0 Å². The third kappa shape index (κ3) is 3.09. The van der Waals surface area contributed by atoms with E-state index >= 15 is 0 Å². The maximum absolute atomic E-state index is 14.4. The highest BCUT2D eigenvalue weighted by molar-refractivity contribution is 9.10. The number of ether oxygens (including phenoxy) is 1. The van der Waals surface area contributed by atoms with Gasteiger partial charge in [-0.3, -0.25) is 10.5 Å². The second-order valence-corrected chi connectivity index (χ2v) is 5.42. The van der Waals surface area contributed by atoms with Crippen LogP contribution in [-0.2, 0) is 6.54 Å². The molecule has 0 aliphatic carbocycles. The van der Waals surface area contributed by atoms with E-state index in [1.54, 1.807) is 36.2 Å². The Morgan fingerprint density at radius 3 is 2.90 bits per heavy atom. The summed E-state index contributed by atoms with van der Waals surface area (Å²) in [6, 6.07) is 4.55. The molecule has 0 amide bonds. The zero-order valence-corrected chi connectivity index (χ0v) is 13.5. The van der Waals surface area contributed by atoms with Crippen molar-refractivity contribution in [2.24, 2.45) is 5.84 Å². The van der Waals surface area contributed by atoms with E-state index in [1.165, 1.54) is 0 Å². The standard InChI is InChI=1S/C14H18BrFN4O/c1-3-7-20-14(11(21-2)8-18-20)13(19-17)9-5-4-6-10(15)12(9)16/h4-6,8,13,19H,3,7,17H2,1-2H3. The van der Waals surface area contributed by atoms with Crippen molar-refractivity contribution in [2.75, 3.05) is 7.11 Å². The van der Waals surface area contributed by atoms with Crippen molar-refractivity contribution >= 4 is 15.9 Å². The minimum atomic E-state index is -0.550. The summed E-state index contributed by atoms with van der Waals surface area (Å²) in [5.41, 5.74) is 3.80. The van der Waals surface area contributed by atoms with Crippen LogP contribution in [-0.4, -0.2) is 16.9 Å². The van der Waals surface area contributed by atoms with Crippen molar-refractivity contribution in [1.29, 1.82) is 0 Å². The number of halogens is 2. The van der Waals surface area contributed by atoms with Crippen LogP contribution in [0.5, 0.6) is 5.75 Å². The number of rotatable bonds is 6. The van der Waals surface area contributed by atoms with Gasteiger partial charge in [0.1, 0.15) is 11.5 Å². The Balaban J connectivity index is 2.55. The van der Waals surface area contributed by atoms with Crippen LogP contribution in [0.1, 0.15) is 30.6 Å². The van der Waals surface area contributed by atoms with Gasteiger partial charge in [-0.05, 0) is 28.4 Å². The first-order chi connectivity index (χ1) is 10.1. The molecule has 0 bridgehead atoms. The van der Waals surface area contributed by atoms with E-state index < -0.39 is 6.04 Å². The van der Waals surface area contributed by atoms with E-state index in [9.17, 15) is 4.39 Å². The fraction of sp³-hybridized carbons (Fsp3) is 0.357. The molecule has 114 valence electrons. The van der Waals surface area contributed by atoms with Crippen LogP contribution in [0, 0.1) is 5.82 Å². The van der Waals surface area contributed by atoms with E-state index in [0.29, 0.717) is 28.0 Å². The Bertz CT molecular complexity index is 617. The van der Waals surface area contributed by atoms with Gasteiger partial charge in [0.05, 0.1) is 23.8 Å². The zero-order valence-electron chi connectivity index (χ0n) is 11.9. The van der Waals surface area contributed by atoms with Gasteiger partial charge in [0.25, 0.3) is 0 Å². The minimum absolute atomic E-state index is 0.355. The van der Waals surface area contributed by atoms with Gasteiger partial charge in [-0.1, -0.05) is 19.1 Å². The Morgan fingerprint density at radius 1 is 1.52 bits per heavy atom. The van der Waals surface area contributed by atoms with Gasteiger partial charge in [-0.25, -0.2) is 9.82 Å². The maximum Gasteiger partial charge on any atom is 0.161 e. The van der Waals surface area contributed by atoms with Crippen LogP contribution < -0.4 is 16.0 Å². The van der Waals surface area contributed by atoms with Crippen LogP contribution in [0.15, 0.2) is 28.9 Å². The number of methoxy groups -OCH3 is 1. The lowest BCUT2D eigenvalue weighted by molar-refractivity contribution is 0.396. The second-order valence-electron chi connectivity index (χ2n) is 4.56. The molecule has 2 rings (SSSR count). The SMILES string of the molecule is CCCn1ncc(OC)c1C(NN)c1cccc(Br)c1F. The number of aryl methyl sites for hydroxylation is 1. The first-order valence-electron chi connectivity index (χ1n) is 6.63. The molecule has 1 atom stereocenters. The Kier molecular flexibility index (Phi) is 5.33. The summed E-state index contributed by atoms with van der Waals surface area (Å²) in [7, 11) is 1.56. The zero-order chi connectivity index (χ0) is 15.4. The van der Waals surface area contributed by atoms with Gasteiger partial charge >= 0.3 is 0 Å². The number of hydrazine groups is 1. The molecule has 0 saturated carbocycles. The first kappa shape index (κ1) is 15.9. The summed E-state index contributed by atoms with van der Waals surface area (Å²) in [4.78, 5) is 0. The molecule has 7 heteroatoms. The highest BCUT2D eigenvalue weighted by atomic mass is 79.9. The first-order valence-corrected chi connectivity index (χ1v) is 7.43. The van der Waals surface area contributed by atoms with E-state index in [4.69, 9.17) is 10.6 Å². The summed E-state index contributed by atoms with van der Waals surface area (Å²) in [6.45, 7) is 2.75. The second kappa shape index (κ2) is 7.02. The van der Waals surface area contributed by atoms with Gasteiger partial charge in [-0.15, -0.1) is 0 Å². The summed E-state index contributed by atoms with van der Waals surface area (Å²) in [5, 5.41) is 4.29. The molecule has 0 aliphatic heterocycles. The van der Waals surface area contributed by atoms with Crippen molar-refractivity contribution < 1.29 is 9.13 Å². The van der Waals surface area contributed by atoms with Gasteiger partial charge in [0.2, 0.25) is 0 Å². The number of aromatic nitrogens is 2. The molecule has 0 spiro atoms. The van der Waals surface area contributed by atoms with Crippen LogP contribution in [0.25, 0.3) is 0 Å². The van der Waals surface area contributed by atoms with Crippen molar-refractivity contribution in [2.45, 2.75) is 25.9 Å². The lowest BCUT2D eigenvalue weighted by atomic mass is 10.0. The Labute approximate surface area is 131 Å².